The van der Waals surface area contributed by atoms with Crippen LogP contribution in [0.2, 0.25) is 0 Å². The third-order valence-corrected chi connectivity index (χ3v) is 3.23. The Kier molecular flexibility index (Phi) is 6.80. The van der Waals surface area contributed by atoms with Crippen LogP contribution in [0.1, 0.15) is 33.1 Å². The van der Waals surface area contributed by atoms with E-state index in [0.717, 1.165) is 31.0 Å². The van der Waals surface area contributed by atoms with Gasteiger partial charge in [0.1, 0.15) is 0 Å². The highest BCUT2D eigenvalue weighted by atomic mass is 16.2. The van der Waals surface area contributed by atoms with Gasteiger partial charge in [-0.1, -0.05) is 19.1 Å². The summed E-state index contributed by atoms with van der Waals surface area (Å²) in [6.45, 7) is 12.8. The Morgan fingerprint density at radius 3 is 2.89 bits per heavy atom. The minimum atomic E-state index is -0.0926. The second-order valence-electron chi connectivity index (χ2n) is 5.47. The molecule has 4 nitrogen and oxygen atoms in total. The zero-order chi connectivity index (χ0) is 13.4. The predicted molar refractivity (Wildman–Crippen MR) is 75.7 cm³/mol. The molecular weight excluding hydrogens is 226 g/mol. The number of likely N-dealkylation sites (tertiary alicyclic amines) is 1. The van der Waals surface area contributed by atoms with Crippen LogP contribution in [0.25, 0.3) is 0 Å². The Hall–Kier alpha value is -1.03. The van der Waals surface area contributed by atoms with E-state index in [-0.39, 0.29) is 6.03 Å². The highest BCUT2D eigenvalue weighted by Crippen LogP contribution is 2.15. The van der Waals surface area contributed by atoms with Crippen molar-refractivity contribution in [1.82, 2.24) is 15.5 Å². The molecule has 1 aliphatic heterocycles. The molecule has 1 aliphatic rings. The Bertz CT molecular complexity index is 278. The normalized spacial score (nSPS) is 20.4. The summed E-state index contributed by atoms with van der Waals surface area (Å²) in [5, 5.41) is 5.64. The first-order valence-electron chi connectivity index (χ1n) is 6.96. The first kappa shape index (κ1) is 15.0. The number of nitrogens with zero attached hydrogens (tertiary/aromatic N) is 1. The molecule has 18 heavy (non-hydrogen) atoms. The molecule has 0 radical (unpaired) electrons. The van der Waals surface area contributed by atoms with Gasteiger partial charge in [-0.25, -0.2) is 4.79 Å². The second kappa shape index (κ2) is 8.14. The van der Waals surface area contributed by atoms with Crippen molar-refractivity contribution in [3.05, 3.63) is 12.2 Å². The van der Waals surface area contributed by atoms with Crippen molar-refractivity contribution in [2.75, 3.05) is 32.7 Å². The lowest BCUT2D eigenvalue weighted by Crippen LogP contribution is -2.39. The van der Waals surface area contributed by atoms with E-state index in [1.165, 1.54) is 25.9 Å². The minimum Gasteiger partial charge on any atom is -0.338 e. The number of hydrogen-bond acceptors (Lipinski definition) is 2. The predicted octanol–water partition coefficient (Wildman–Crippen LogP) is 1.98. The van der Waals surface area contributed by atoms with Crippen molar-refractivity contribution >= 4 is 6.03 Å². The van der Waals surface area contributed by atoms with Gasteiger partial charge >= 0.3 is 6.03 Å². The molecule has 0 spiro atoms. The number of rotatable bonds is 6. The summed E-state index contributed by atoms with van der Waals surface area (Å²) in [4.78, 5) is 13.9. The maximum atomic E-state index is 11.4. The lowest BCUT2D eigenvalue weighted by Gasteiger charge is -2.30. The SMILES string of the molecule is C=C(C)CNC(=O)NCCCN1CCC[C@H](C)C1. The van der Waals surface area contributed by atoms with Crippen LogP contribution in [0.3, 0.4) is 0 Å². The highest BCUT2D eigenvalue weighted by Gasteiger charge is 2.15. The van der Waals surface area contributed by atoms with E-state index >= 15 is 0 Å². The lowest BCUT2D eigenvalue weighted by atomic mass is 10.0. The van der Waals surface area contributed by atoms with E-state index in [1.807, 2.05) is 6.92 Å². The summed E-state index contributed by atoms with van der Waals surface area (Å²) < 4.78 is 0. The number of hydrogen-bond donors (Lipinski definition) is 2. The summed E-state index contributed by atoms with van der Waals surface area (Å²) in [6.07, 6.45) is 3.69. The van der Waals surface area contributed by atoms with Gasteiger partial charge < -0.3 is 15.5 Å². The van der Waals surface area contributed by atoms with Crippen LogP contribution >= 0.6 is 0 Å². The Morgan fingerprint density at radius 2 is 2.22 bits per heavy atom. The molecule has 0 aromatic carbocycles. The maximum absolute atomic E-state index is 11.4. The topological polar surface area (TPSA) is 44.4 Å². The smallest absolute Gasteiger partial charge is 0.315 e. The van der Waals surface area contributed by atoms with Gasteiger partial charge in [-0.3, -0.25) is 0 Å². The molecule has 0 saturated carbocycles. The van der Waals surface area contributed by atoms with Gasteiger partial charge in [-0.05, 0) is 45.2 Å². The van der Waals surface area contributed by atoms with Gasteiger partial charge in [0.05, 0.1) is 0 Å². The molecule has 1 atom stereocenters. The van der Waals surface area contributed by atoms with Gasteiger partial charge in [0.25, 0.3) is 0 Å². The fourth-order valence-electron chi connectivity index (χ4n) is 2.29. The van der Waals surface area contributed by atoms with Crippen LogP contribution in [0.5, 0.6) is 0 Å². The number of urea groups is 1. The molecule has 0 unspecified atom stereocenters. The summed E-state index contributed by atoms with van der Waals surface area (Å²) in [5.74, 6) is 0.825. The monoisotopic (exact) mass is 253 g/mol. The van der Waals surface area contributed by atoms with Crippen LogP contribution in [-0.2, 0) is 0 Å². The number of carbonyl (C=O) groups excluding carboxylic acids is 1. The quantitative estimate of drug-likeness (QED) is 0.561. The van der Waals surface area contributed by atoms with Gasteiger partial charge in [-0.15, -0.1) is 0 Å². The van der Waals surface area contributed by atoms with E-state index in [1.54, 1.807) is 0 Å². The Morgan fingerprint density at radius 1 is 1.44 bits per heavy atom. The van der Waals surface area contributed by atoms with Crippen molar-refractivity contribution in [3.8, 4) is 0 Å². The van der Waals surface area contributed by atoms with E-state index in [9.17, 15) is 4.79 Å². The van der Waals surface area contributed by atoms with E-state index < -0.39 is 0 Å². The van der Waals surface area contributed by atoms with Crippen molar-refractivity contribution in [3.63, 3.8) is 0 Å². The number of piperidine rings is 1. The van der Waals surface area contributed by atoms with E-state index in [0.29, 0.717) is 6.54 Å². The van der Waals surface area contributed by atoms with Gasteiger partial charge in [0.2, 0.25) is 0 Å². The largest absolute Gasteiger partial charge is 0.338 e. The standard InChI is InChI=1S/C14H27N3O/c1-12(2)10-16-14(18)15-7-5-9-17-8-4-6-13(3)11-17/h13H,1,4-11H2,2-3H3,(H2,15,16,18)/t13-/m0/s1. The third kappa shape index (κ3) is 6.64. The van der Waals surface area contributed by atoms with E-state index in [2.05, 4.69) is 29.0 Å². The Labute approximate surface area is 111 Å². The molecular formula is C14H27N3O. The van der Waals surface area contributed by atoms with Crippen LogP contribution in [0, 0.1) is 5.92 Å². The van der Waals surface area contributed by atoms with Crippen LogP contribution < -0.4 is 10.6 Å². The molecule has 1 saturated heterocycles. The first-order chi connectivity index (χ1) is 8.58. The second-order valence-corrected chi connectivity index (χ2v) is 5.47. The first-order valence-corrected chi connectivity index (χ1v) is 6.96. The molecule has 4 heteroatoms. The van der Waals surface area contributed by atoms with Crippen molar-refractivity contribution < 1.29 is 4.79 Å². The van der Waals surface area contributed by atoms with E-state index in [4.69, 9.17) is 0 Å². The molecule has 2 amide bonds. The molecule has 0 bridgehead atoms. The molecule has 1 fully saturated rings. The molecule has 1 heterocycles. The molecule has 2 N–H and O–H groups in total. The van der Waals surface area contributed by atoms with Gasteiger partial charge in [-0.2, -0.15) is 0 Å². The summed E-state index contributed by atoms with van der Waals surface area (Å²) >= 11 is 0. The van der Waals surface area contributed by atoms with Crippen LogP contribution in [-0.4, -0.2) is 43.7 Å². The lowest BCUT2D eigenvalue weighted by molar-refractivity contribution is 0.181. The summed E-state index contributed by atoms with van der Waals surface area (Å²) in [6, 6.07) is -0.0926. The molecule has 0 aromatic heterocycles. The Balaban J connectivity index is 2.00. The summed E-state index contributed by atoms with van der Waals surface area (Å²) in [5.41, 5.74) is 0.965. The molecule has 1 rings (SSSR count). The number of carbonyl (C=O) groups is 1. The average Bonchev–Trinajstić information content (AvgIpc) is 2.32. The number of nitrogens with one attached hydrogen (secondary N) is 2. The molecule has 0 aliphatic carbocycles. The summed E-state index contributed by atoms with van der Waals surface area (Å²) in [7, 11) is 0. The van der Waals surface area contributed by atoms with Crippen LogP contribution in [0.4, 0.5) is 4.79 Å². The molecule has 104 valence electrons. The zero-order valence-electron chi connectivity index (χ0n) is 11.8. The highest BCUT2D eigenvalue weighted by molar-refractivity contribution is 5.73. The number of amides is 2. The third-order valence-electron chi connectivity index (χ3n) is 3.23. The van der Waals surface area contributed by atoms with Crippen molar-refractivity contribution in [1.29, 1.82) is 0 Å². The van der Waals surface area contributed by atoms with Crippen molar-refractivity contribution in [2.45, 2.75) is 33.1 Å². The fraction of sp³-hybridized carbons (Fsp3) is 0.786. The van der Waals surface area contributed by atoms with Gasteiger partial charge in [0, 0.05) is 19.6 Å². The van der Waals surface area contributed by atoms with Gasteiger partial charge in [0.15, 0.2) is 0 Å². The molecule has 0 aromatic rings. The average molecular weight is 253 g/mol. The maximum Gasteiger partial charge on any atom is 0.315 e. The van der Waals surface area contributed by atoms with Crippen molar-refractivity contribution in [2.24, 2.45) is 5.92 Å². The zero-order valence-corrected chi connectivity index (χ0v) is 11.8. The minimum absolute atomic E-state index is 0.0926. The fourth-order valence-corrected chi connectivity index (χ4v) is 2.29. The van der Waals surface area contributed by atoms with Crippen LogP contribution in [0.15, 0.2) is 12.2 Å².